The predicted molar refractivity (Wildman–Crippen MR) is 132 cm³/mol. The summed E-state index contributed by atoms with van der Waals surface area (Å²) < 4.78 is 0. The molecule has 0 amide bonds. The number of nitrogens with zero attached hydrogens (tertiary/aromatic N) is 3. The van der Waals surface area contributed by atoms with Crippen molar-refractivity contribution in [1.29, 1.82) is 0 Å². The molecule has 2 rings (SSSR count). The highest BCUT2D eigenvalue weighted by atomic mass is 127. The highest BCUT2D eigenvalue weighted by molar-refractivity contribution is 14.0. The zero-order chi connectivity index (χ0) is 19.5. The minimum atomic E-state index is 0. The Balaban J connectivity index is 0.00000392. The average molecular weight is 502 g/mol. The van der Waals surface area contributed by atoms with Gasteiger partial charge in [-0.15, -0.1) is 24.0 Å². The van der Waals surface area contributed by atoms with Crippen LogP contribution in [-0.4, -0.2) is 67.1 Å². The number of aliphatic imine (C=N–C) groups is 1. The molecule has 0 aliphatic carbocycles. The fourth-order valence-corrected chi connectivity index (χ4v) is 3.78. The van der Waals surface area contributed by atoms with Crippen molar-refractivity contribution >= 4 is 29.9 Å². The van der Waals surface area contributed by atoms with Gasteiger partial charge in [-0.05, 0) is 45.3 Å². The number of halogens is 1. The van der Waals surface area contributed by atoms with Crippen molar-refractivity contribution in [3.63, 3.8) is 0 Å². The number of piperidine rings is 1. The molecule has 0 aromatic heterocycles. The van der Waals surface area contributed by atoms with Crippen LogP contribution in [0.1, 0.15) is 46.1 Å². The SMILES string of the molecule is CCNC(=NCC(C)N(CC)CC)NC1CCN(Cc2ccccc2)CC1.I. The van der Waals surface area contributed by atoms with Gasteiger partial charge in [-0.1, -0.05) is 44.2 Å². The van der Waals surface area contributed by atoms with E-state index in [1.807, 2.05) is 0 Å². The van der Waals surface area contributed by atoms with Crippen molar-refractivity contribution in [2.75, 3.05) is 39.3 Å². The van der Waals surface area contributed by atoms with Crippen LogP contribution in [0.15, 0.2) is 35.3 Å². The lowest BCUT2D eigenvalue weighted by molar-refractivity contribution is 0.198. The van der Waals surface area contributed by atoms with Crippen LogP contribution in [0.25, 0.3) is 0 Å². The summed E-state index contributed by atoms with van der Waals surface area (Å²) in [6.07, 6.45) is 2.34. The third-order valence-corrected chi connectivity index (χ3v) is 5.47. The van der Waals surface area contributed by atoms with E-state index in [0.717, 1.165) is 51.8 Å². The molecule has 0 radical (unpaired) electrons. The topological polar surface area (TPSA) is 42.9 Å². The molecule has 160 valence electrons. The molecule has 1 aliphatic rings. The van der Waals surface area contributed by atoms with E-state index >= 15 is 0 Å². The first-order valence-electron chi connectivity index (χ1n) is 10.7. The Bertz CT molecular complexity index is 539. The van der Waals surface area contributed by atoms with E-state index in [0.29, 0.717) is 12.1 Å². The lowest BCUT2D eigenvalue weighted by Gasteiger charge is -2.33. The summed E-state index contributed by atoms with van der Waals surface area (Å²) in [7, 11) is 0. The first kappa shape index (κ1) is 25.2. The second-order valence-corrected chi connectivity index (χ2v) is 7.47. The molecular weight excluding hydrogens is 461 g/mol. The van der Waals surface area contributed by atoms with E-state index in [4.69, 9.17) is 4.99 Å². The predicted octanol–water partition coefficient (Wildman–Crippen LogP) is 3.55. The van der Waals surface area contributed by atoms with Gasteiger partial charge < -0.3 is 10.6 Å². The zero-order valence-corrected chi connectivity index (χ0v) is 20.5. The van der Waals surface area contributed by atoms with Crippen LogP contribution in [-0.2, 0) is 6.54 Å². The number of rotatable bonds is 9. The summed E-state index contributed by atoms with van der Waals surface area (Å²) in [5.74, 6) is 0.970. The summed E-state index contributed by atoms with van der Waals surface area (Å²) >= 11 is 0. The van der Waals surface area contributed by atoms with Crippen molar-refractivity contribution in [3.05, 3.63) is 35.9 Å². The smallest absolute Gasteiger partial charge is 0.191 e. The molecule has 1 aliphatic heterocycles. The number of hydrogen-bond donors (Lipinski definition) is 2. The Morgan fingerprint density at radius 3 is 2.36 bits per heavy atom. The van der Waals surface area contributed by atoms with Gasteiger partial charge in [-0.2, -0.15) is 0 Å². The lowest BCUT2D eigenvalue weighted by atomic mass is 10.0. The fourth-order valence-electron chi connectivity index (χ4n) is 3.78. The van der Waals surface area contributed by atoms with E-state index in [2.05, 4.69) is 78.5 Å². The molecule has 0 spiro atoms. The molecule has 1 saturated heterocycles. The zero-order valence-electron chi connectivity index (χ0n) is 18.2. The standard InChI is InChI=1S/C22H39N5.HI/c1-5-23-22(24-17-19(4)27(6-2)7-3)25-21-13-15-26(16-14-21)18-20-11-9-8-10-12-20;/h8-12,19,21H,5-7,13-18H2,1-4H3,(H2,23,24,25);1H. The number of benzene rings is 1. The molecule has 1 aromatic rings. The van der Waals surface area contributed by atoms with Crippen molar-refractivity contribution < 1.29 is 0 Å². The third kappa shape index (κ3) is 8.66. The monoisotopic (exact) mass is 501 g/mol. The molecule has 1 fully saturated rings. The van der Waals surface area contributed by atoms with Gasteiger partial charge in [-0.3, -0.25) is 14.8 Å². The van der Waals surface area contributed by atoms with Gasteiger partial charge in [0.2, 0.25) is 0 Å². The highest BCUT2D eigenvalue weighted by Crippen LogP contribution is 2.13. The van der Waals surface area contributed by atoms with E-state index < -0.39 is 0 Å². The Morgan fingerprint density at radius 1 is 1.14 bits per heavy atom. The summed E-state index contributed by atoms with van der Waals surface area (Å²) in [4.78, 5) is 9.86. The van der Waals surface area contributed by atoms with Crippen LogP contribution in [0.3, 0.4) is 0 Å². The number of likely N-dealkylation sites (tertiary alicyclic amines) is 1. The van der Waals surface area contributed by atoms with Crippen LogP contribution >= 0.6 is 24.0 Å². The van der Waals surface area contributed by atoms with E-state index in [1.165, 1.54) is 18.4 Å². The summed E-state index contributed by atoms with van der Waals surface area (Å²) in [5, 5.41) is 7.08. The van der Waals surface area contributed by atoms with E-state index in [9.17, 15) is 0 Å². The van der Waals surface area contributed by atoms with Gasteiger partial charge in [0.1, 0.15) is 0 Å². The van der Waals surface area contributed by atoms with Crippen LogP contribution in [0.5, 0.6) is 0 Å². The maximum atomic E-state index is 4.85. The lowest BCUT2D eigenvalue weighted by Crippen LogP contribution is -2.49. The quantitative estimate of drug-likeness (QED) is 0.309. The van der Waals surface area contributed by atoms with Crippen molar-refractivity contribution in [2.24, 2.45) is 4.99 Å². The Kier molecular flexibility index (Phi) is 12.7. The molecule has 0 bridgehead atoms. The molecule has 5 nitrogen and oxygen atoms in total. The molecule has 1 aromatic carbocycles. The van der Waals surface area contributed by atoms with Crippen molar-refractivity contribution in [1.82, 2.24) is 20.4 Å². The summed E-state index contributed by atoms with van der Waals surface area (Å²) in [6.45, 7) is 16.1. The highest BCUT2D eigenvalue weighted by Gasteiger charge is 2.20. The van der Waals surface area contributed by atoms with Crippen LogP contribution in [0, 0.1) is 0 Å². The number of likely N-dealkylation sites (N-methyl/N-ethyl adjacent to an activating group) is 1. The summed E-state index contributed by atoms with van der Waals surface area (Å²) in [5.41, 5.74) is 1.41. The first-order valence-corrected chi connectivity index (χ1v) is 10.7. The molecule has 0 saturated carbocycles. The van der Waals surface area contributed by atoms with Crippen LogP contribution < -0.4 is 10.6 Å². The minimum absolute atomic E-state index is 0. The van der Waals surface area contributed by atoms with Gasteiger partial charge in [0.15, 0.2) is 5.96 Å². The average Bonchev–Trinajstić information content (AvgIpc) is 2.69. The van der Waals surface area contributed by atoms with Gasteiger partial charge in [0.05, 0.1) is 6.54 Å². The molecular formula is C22H40IN5. The summed E-state index contributed by atoms with van der Waals surface area (Å²) in [6, 6.07) is 11.8. The fraction of sp³-hybridized carbons (Fsp3) is 0.682. The number of guanidine groups is 1. The van der Waals surface area contributed by atoms with Gasteiger partial charge in [-0.25, -0.2) is 0 Å². The Hall–Kier alpha value is -0.860. The van der Waals surface area contributed by atoms with Crippen LogP contribution in [0.2, 0.25) is 0 Å². The molecule has 1 unspecified atom stereocenters. The van der Waals surface area contributed by atoms with Gasteiger partial charge in [0, 0.05) is 38.3 Å². The van der Waals surface area contributed by atoms with Crippen molar-refractivity contribution in [3.8, 4) is 0 Å². The number of hydrogen-bond acceptors (Lipinski definition) is 3. The largest absolute Gasteiger partial charge is 0.357 e. The molecule has 2 N–H and O–H groups in total. The molecule has 28 heavy (non-hydrogen) atoms. The Labute approximate surface area is 189 Å². The normalized spacial score (nSPS) is 17.2. The minimum Gasteiger partial charge on any atom is -0.357 e. The number of nitrogens with one attached hydrogen (secondary N) is 2. The molecule has 1 atom stereocenters. The Morgan fingerprint density at radius 2 is 1.79 bits per heavy atom. The molecule has 1 heterocycles. The maximum absolute atomic E-state index is 4.85. The maximum Gasteiger partial charge on any atom is 0.191 e. The van der Waals surface area contributed by atoms with Gasteiger partial charge in [0.25, 0.3) is 0 Å². The second kappa shape index (κ2) is 14.2. The van der Waals surface area contributed by atoms with E-state index in [-0.39, 0.29) is 24.0 Å². The molecule has 6 heteroatoms. The second-order valence-electron chi connectivity index (χ2n) is 7.47. The first-order chi connectivity index (χ1) is 13.2. The van der Waals surface area contributed by atoms with E-state index in [1.54, 1.807) is 0 Å². The van der Waals surface area contributed by atoms with Crippen LogP contribution in [0.4, 0.5) is 0 Å². The third-order valence-electron chi connectivity index (χ3n) is 5.47. The van der Waals surface area contributed by atoms with Crippen molar-refractivity contribution in [2.45, 2.75) is 59.2 Å². The van der Waals surface area contributed by atoms with Gasteiger partial charge >= 0.3 is 0 Å².